The van der Waals surface area contributed by atoms with Gasteiger partial charge in [0.15, 0.2) is 17.5 Å². The van der Waals surface area contributed by atoms with Gasteiger partial charge in [-0.1, -0.05) is 23.5 Å². The van der Waals surface area contributed by atoms with Crippen LogP contribution >= 0.6 is 27.3 Å². The van der Waals surface area contributed by atoms with Crippen molar-refractivity contribution in [2.75, 3.05) is 17.2 Å². The molecule has 27 heavy (non-hydrogen) atoms. The molecule has 3 aromatic rings. The van der Waals surface area contributed by atoms with Gasteiger partial charge in [0.2, 0.25) is 0 Å². The molecule has 0 unspecified atom stereocenters. The quantitative estimate of drug-likeness (QED) is 0.556. The minimum absolute atomic E-state index is 0.104. The van der Waals surface area contributed by atoms with Gasteiger partial charge in [0.1, 0.15) is 0 Å². The third kappa shape index (κ3) is 5.02. The second-order valence-electron chi connectivity index (χ2n) is 5.07. The number of furan rings is 1. The van der Waals surface area contributed by atoms with Crippen LogP contribution in [0.4, 0.5) is 10.8 Å². The smallest absolute Gasteiger partial charge is 0.340 e. The van der Waals surface area contributed by atoms with E-state index in [1.807, 2.05) is 0 Å². The number of anilines is 2. The fourth-order valence-corrected chi connectivity index (χ4v) is 3.16. The van der Waals surface area contributed by atoms with E-state index in [0.29, 0.717) is 5.13 Å². The van der Waals surface area contributed by atoms with Gasteiger partial charge in [0, 0.05) is 0 Å². The topological polar surface area (TPSA) is 111 Å². The minimum atomic E-state index is -0.749. The lowest BCUT2D eigenvalue weighted by Crippen LogP contribution is -2.22. The first-order chi connectivity index (χ1) is 13.0. The average molecular weight is 450 g/mol. The maximum Gasteiger partial charge on any atom is 0.340 e. The first-order valence-corrected chi connectivity index (χ1v) is 9.16. The molecule has 0 radical (unpaired) electrons. The summed E-state index contributed by atoms with van der Waals surface area (Å²) in [4.78, 5) is 40.2. The Morgan fingerprint density at radius 2 is 1.96 bits per heavy atom. The van der Waals surface area contributed by atoms with Gasteiger partial charge in [-0.25, -0.2) is 9.78 Å². The molecule has 0 saturated heterocycles. The molecule has 0 fully saturated rings. The largest absolute Gasteiger partial charge is 0.459 e. The minimum Gasteiger partial charge on any atom is -0.459 e. The summed E-state index contributed by atoms with van der Waals surface area (Å²) in [6, 6.07) is 9.38. The zero-order chi connectivity index (χ0) is 19.2. The van der Waals surface area contributed by atoms with Crippen molar-refractivity contribution in [3.63, 3.8) is 0 Å². The molecule has 0 atom stereocenters. The van der Waals surface area contributed by atoms with Crippen LogP contribution in [0.3, 0.4) is 0 Å². The second kappa shape index (κ2) is 8.60. The summed E-state index contributed by atoms with van der Waals surface area (Å²) in [5, 5.41) is 5.47. The Labute approximate surface area is 165 Å². The molecule has 0 aliphatic heterocycles. The van der Waals surface area contributed by atoms with Crippen molar-refractivity contribution in [3.05, 3.63) is 64.0 Å². The summed E-state index contributed by atoms with van der Waals surface area (Å²) in [6.45, 7) is -0.490. The molecule has 1 aromatic carbocycles. The van der Waals surface area contributed by atoms with Gasteiger partial charge in [0.25, 0.3) is 11.8 Å². The fourth-order valence-electron chi connectivity index (χ4n) is 2.04. The molecule has 0 spiro atoms. The molecule has 8 nitrogen and oxygen atoms in total. The Hall–Kier alpha value is -2.98. The van der Waals surface area contributed by atoms with Gasteiger partial charge in [-0.05, 0) is 40.2 Å². The summed E-state index contributed by atoms with van der Waals surface area (Å²) in [5.41, 5.74) is 0.357. The number of thiazole rings is 1. The first kappa shape index (κ1) is 18.8. The van der Waals surface area contributed by atoms with Crippen LogP contribution in [0.1, 0.15) is 20.9 Å². The fraction of sp³-hybridized carbons (Fsp3) is 0.0588. The third-order valence-electron chi connectivity index (χ3n) is 3.20. The molecule has 2 heterocycles. The molecule has 2 N–H and O–H groups in total. The molecule has 0 saturated carbocycles. The van der Waals surface area contributed by atoms with Crippen LogP contribution < -0.4 is 10.6 Å². The molecular weight excluding hydrogens is 438 g/mol. The molecule has 0 aliphatic rings. The lowest BCUT2D eigenvalue weighted by Gasteiger charge is -2.10. The van der Waals surface area contributed by atoms with Gasteiger partial charge < -0.3 is 14.5 Å². The number of nitrogens with zero attached hydrogens (tertiary/aromatic N) is 1. The summed E-state index contributed by atoms with van der Waals surface area (Å²) >= 11 is 4.47. The maximum absolute atomic E-state index is 12.3. The monoisotopic (exact) mass is 449 g/mol. The number of ether oxygens (including phenoxy) is 1. The highest BCUT2D eigenvalue weighted by molar-refractivity contribution is 9.11. The van der Waals surface area contributed by atoms with Crippen molar-refractivity contribution >= 4 is 55.9 Å². The Morgan fingerprint density at radius 1 is 1.15 bits per heavy atom. The highest BCUT2D eigenvalue weighted by Gasteiger charge is 2.17. The third-order valence-corrected chi connectivity index (χ3v) is 4.59. The van der Waals surface area contributed by atoms with E-state index in [4.69, 9.17) is 9.15 Å². The van der Waals surface area contributed by atoms with Crippen LogP contribution in [0.2, 0.25) is 0 Å². The average Bonchev–Trinajstić information content (AvgIpc) is 3.32. The number of hydrogen-bond donors (Lipinski definition) is 2. The van der Waals surface area contributed by atoms with Gasteiger partial charge in [-0.15, -0.1) is 0 Å². The number of carbonyl (C=O) groups excluding carboxylic acids is 3. The normalized spacial score (nSPS) is 10.3. The van der Waals surface area contributed by atoms with Crippen molar-refractivity contribution in [1.82, 2.24) is 4.98 Å². The van der Waals surface area contributed by atoms with Crippen LogP contribution in [0.15, 0.2) is 57.1 Å². The van der Waals surface area contributed by atoms with Crippen LogP contribution in [0.25, 0.3) is 0 Å². The van der Waals surface area contributed by atoms with Crippen molar-refractivity contribution < 1.29 is 23.5 Å². The molecule has 10 heteroatoms. The number of para-hydroxylation sites is 1. The molecule has 138 valence electrons. The summed E-state index contributed by atoms with van der Waals surface area (Å²) < 4.78 is 10.8. The molecular formula is C17H12BrN3O5S. The summed E-state index contributed by atoms with van der Waals surface area (Å²) in [7, 11) is 0. The van der Waals surface area contributed by atoms with E-state index in [1.54, 1.807) is 30.5 Å². The van der Waals surface area contributed by atoms with Crippen molar-refractivity contribution in [2.24, 2.45) is 0 Å². The van der Waals surface area contributed by atoms with Gasteiger partial charge >= 0.3 is 5.97 Å². The van der Waals surface area contributed by atoms with Crippen LogP contribution in [0.5, 0.6) is 0 Å². The zero-order valence-corrected chi connectivity index (χ0v) is 16.0. The van der Waals surface area contributed by atoms with Crippen LogP contribution in [-0.2, 0) is 9.53 Å². The van der Waals surface area contributed by atoms with Crippen molar-refractivity contribution in [3.8, 4) is 0 Å². The van der Waals surface area contributed by atoms with E-state index >= 15 is 0 Å². The number of amides is 2. The Kier molecular flexibility index (Phi) is 5.99. The lowest BCUT2D eigenvalue weighted by molar-refractivity contribution is -0.119. The Bertz CT molecular complexity index is 971. The second-order valence-corrected chi connectivity index (χ2v) is 7.48. The van der Waals surface area contributed by atoms with E-state index in [9.17, 15) is 14.4 Å². The van der Waals surface area contributed by atoms with Gasteiger partial charge in [-0.3, -0.25) is 14.9 Å². The number of aromatic nitrogens is 1. The highest BCUT2D eigenvalue weighted by Crippen LogP contribution is 2.23. The zero-order valence-electron chi connectivity index (χ0n) is 13.6. The van der Waals surface area contributed by atoms with E-state index in [1.165, 1.54) is 29.7 Å². The number of esters is 1. The van der Waals surface area contributed by atoms with E-state index in [2.05, 4.69) is 31.5 Å². The van der Waals surface area contributed by atoms with Gasteiger partial charge in [-0.2, -0.15) is 0 Å². The first-order valence-electron chi connectivity index (χ1n) is 7.55. The number of halogens is 1. The van der Waals surface area contributed by atoms with E-state index in [-0.39, 0.29) is 17.0 Å². The number of hydrogen-bond acceptors (Lipinski definition) is 7. The van der Waals surface area contributed by atoms with Crippen LogP contribution in [0, 0.1) is 0 Å². The van der Waals surface area contributed by atoms with Crippen LogP contribution in [-0.4, -0.2) is 29.4 Å². The molecule has 3 rings (SSSR count). The Balaban J connectivity index is 1.61. The summed E-state index contributed by atoms with van der Waals surface area (Å²) in [5.74, 6) is -1.68. The number of carbonyl (C=O) groups is 3. The predicted octanol–water partition coefficient (Wildman–Crippen LogP) is 3.55. The van der Waals surface area contributed by atoms with E-state index in [0.717, 1.165) is 3.79 Å². The SMILES string of the molecule is O=C(COC(=O)c1ccccc1NC(=O)c1ccco1)Nc1ncc(Br)s1. The molecule has 0 aliphatic carbocycles. The van der Waals surface area contributed by atoms with Gasteiger partial charge in [0.05, 0.1) is 27.5 Å². The lowest BCUT2D eigenvalue weighted by atomic mass is 10.1. The highest BCUT2D eigenvalue weighted by atomic mass is 79.9. The number of rotatable bonds is 6. The number of nitrogens with one attached hydrogen (secondary N) is 2. The van der Waals surface area contributed by atoms with Crippen molar-refractivity contribution in [1.29, 1.82) is 0 Å². The standard InChI is InChI=1S/C17H12BrN3O5S/c18-13-8-19-17(27-13)21-14(22)9-26-16(24)10-4-1-2-5-11(10)20-15(23)12-6-3-7-25-12/h1-8H,9H2,(H,20,23)(H,19,21,22). The molecule has 2 aromatic heterocycles. The molecule has 0 bridgehead atoms. The Morgan fingerprint density at radius 3 is 2.67 bits per heavy atom. The predicted molar refractivity (Wildman–Crippen MR) is 102 cm³/mol. The van der Waals surface area contributed by atoms with Crippen molar-refractivity contribution in [2.45, 2.75) is 0 Å². The maximum atomic E-state index is 12.3. The number of benzene rings is 1. The van der Waals surface area contributed by atoms with E-state index < -0.39 is 24.4 Å². The molecule has 2 amide bonds. The summed E-state index contributed by atoms with van der Waals surface area (Å²) in [6.07, 6.45) is 2.92.